The fraction of sp³-hybridized carbons (Fsp3) is 0.455. The van der Waals surface area contributed by atoms with Crippen molar-refractivity contribution in [3.8, 4) is 11.6 Å². The van der Waals surface area contributed by atoms with Gasteiger partial charge in [0.25, 0.3) is 0 Å². The van der Waals surface area contributed by atoms with Gasteiger partial charge in [0.15, 0.2) is 0 Å². The van der Waals surface area contributed by atoms with Crippen molar-refractivity contribution >= 4 is 0 Å². The molecule has 0 bridgehead atoms. The van der Waals surface area contributed by atoms with Gasteiger partial charge in [0, 0.05) is 18.8 Å². The van der Waals surface area contributed by atoms with Crippen LogP contribution >= 0.6 is 0 Å². The largest absolute Gasteiger partial charge is 0.339 e. The molecular weight excluding hydrogens is 218 g/mol. The lowest BCUT2D eigenvalue weighted by Gasteiger charge is -2.01. The molecule has 6 nitrogen and oxygen atoms in total. The normalized spacial score (nSPS) is 12.6. The van der Waals surface area contributed by atoms with Crippen LogP contribution in [0.15, 0.2) is 16.9 Å². The number of aromatic nitrogens is 4. The first-order valence-corrected chi connectivity index (χ1v) is 5.50. The summed E-state index contributed by atoms with van der Waals surface area (Å²) in [4.78, 5) is 12.5. The van der Waals surface area contributed by atoms with Gasteiger partial charge in [-0.2, -0.15) is 4.98 Å². The summed E-state index contributed by atoms with van der Waals surface area (Å²) in [6, 6.07) is 0. The Hall–Kier alpha value is -1.82. The number of aryl methyl sites for hydroxylation is 1. The van der Waals surface area contributed by atoms with E-state index in [1.807, 2.05) is 13.8 Å². The molecule has 0 aliphatic carbocycles. The minimum absolute atomic E-state index is 0.322. The standard InChI is InChI=1S/C11H15N5O/c1-7(4-12)3-9-15-11(16-17-9)10-13-5-8(2)6-14-10/h5-7H,3-4,12H2,1-2H3. The average Bonchev–Trinajstić information content (AvgIpc) is 2.78. The molecule has 1 unspecified atom stereocenters. The number of hydrogen-bond donors (Lipinski definition) is 1. The monoisotopic (exact) mass is 233 g/mol. The van der Waals surface area contributed by atoms with E-state index in [1.54, 1.807) is 12.4 Å². The van der Waals surface area contributed by atoms with Gasteiger partial charge >= 0.3 is 0 Å². The smallest absolute Gasteiger partial charge is 0.240 e. The van der Waals surface area contributed by atoms with Gasteiger partial charge in [-0.3, -0.25) is 0 Å². The third-order valence-electron chi connectivity index (χ3n) is 2.37. The van der Waals surface area contributed by atoms with E-state index in [1.165, 1.54) is 0 Å². The molecule has 17 heavy (non-hydrogen) atoms. The summed E-state index contributed by atoms with van der Waals surface area (Å²) in [5.41, 5.74) is 6.53. The van der Waals surface area contributed by atoms with Crippen LogP contribution < -0.4 is 5.73 Å². The van der Waals surface area contributed by atoms with Crippen molar-refractivity contribution in [3.63, 3.8) is 0 Å². The summed E-state index contributed by atoms with van der Waals surface area (Å²) in [5, 5.41) is 3.85. The minimum Gasteiger partial charge on any atom is -0.339 e. The Balaban J connectivity index is 2.15. The molecular formula is C11H15N5O. The predicted molar refractivity (Wildman–Crippen MR) is 62.0 cm³/mol. The van der Waals surface area contributed by atoms with E-state index in [9.17, 15) is 0 Å². The summed E-state index contributed by atoms with van der Waals surface area (Å²) < 4.78 is 5.13. The molecule has 0 aliphatic heterocycles. The van der Waals surface area contributed by atoms with Crippen LogP contribution in [0.4, 0.5) is 0 Å². The van der Waals surface area contributed by atoms with Gasteiger partial charge in [-0.15, -0.1) is 0 Å². The summed E-state index contributed by atoms with van der Waals surface area (Å²) >= 11 is 0. The van der Waals surface area contributed by atoms with Gasteiger partial charge in [-0.05, 0) is 24.9 Å². The van der Waals surface area contributed by atoms with E-state index in [0.29, 0.717) is 36.4 Å². The van der Waals surface area contributed by atoms with Crippen molar-refractivity contribution in [2.24, 2.45) is 11.7 Å². The lowest BCUT2D eigenvalue weighted by molar-refractivity contribution is 0.359. The second kappa shape index (κ2) is 5.01. The number of hydrogen-bond acceptors (Lipinski definition) is 6. The maximum Gasteiger partial charge on any atom is 0.240 e. The molecule has 90 valence electrons. The molecule has 2 aromatic heterocycles. The van der Waals surface area contributed by atoms with Crippen molar-refractivity contribution in [3.05, 3.63) is 23.8 Å². The maximum absolute atomic E-state index is 5.54. The molecule has 2 aromatic rings. The molecule has 0 aromatic carbocycles. The van der Waals surface area contributed by atoms with E-state index in [4.69, 9.17) is 10.3 Å². The molecule has 2 N–H and O–H groups in total. The molecule has 0 amide bonds. The van der Waals surface area contributed by atoms with Crippen molar-refractivity contribution in [2.75, 3.05) is 6.54 Å². The zero-order chi connectivity index (χ0) is 12.3. The molecule has 0 spiro atoms. The van der Waals surface area contributed by atoms with Crippen LogP contribution in [0.25, 0.3) is 11.6 Å². The highest BCUT2D eigenvalue weighted by Gasteiger charge is 2.12. The van der Waals surface area contributed by atoms with Crippen LogP contribution in [0, 0.1) is 12.8 Å². The molecule has 2 heterocycles. The zero-order valence-corrected chi connectivity index (χ0v) is 9.92. The first-order chi connectivity index (χ1) is 8.19. The van der Waals surface area contributed by atoms with Crippen molar-refractivity contribution < 1.29 is 4.52 Å². The van der Waals surface area contributed by atoms with Crippen LogP contribution in [-0.4, -0.2) is 26.7 Å². The molecule has 0 aliphatic rings. The van der Waals surface area contributed by atoms with Gasteiger partial charge in [0.2, 0.25) is 17.5 Å². The number of nitrogens with two attached hydrogens (primary N) is 1. The van der Waals surface area contributed by atoms with Crippen LogP contribution in [0.1, 0.15) is 18.4 Å². The summed E-state index contributed by atoms with van der Waals surface area (Å²) in [6.45, 7) is 4.55. The first kappa shape index (κ1) is 11.7. The minimum atomic E-state index is 0.322. The maximum atomic E-state index is 5.54. The van der Waals surface area contributed by atoms with Crippen LogP contribution in [0.2, 0.25) is 0 Å². The third-order valence-corrected chi connectivity index (χ3v) is 2.37. The Kier molecular flexibility index (Phi) is 3.43. The Bertz CT molecular complexity index is 479. The van der Waals surface area contributed by atoms with Crippen molar-refractivity contribution in [1.29, 1.82) is 0 Å². The lowest BCUT2D eigenvalue weighted by Crippen LogP contribution is -2.13. The van der Waals surface area contributed by atoms with E-state index in [-0.39, 0.29) is 0 Å². The van der Waals surface area contributed by atoms with Crippen molar-refractivity contribution in [1.82, 2.24) is 20.1 Å². The fourth-order valence-corrected chi connectivity index (χ4v) is 1.32. The molecule has 0 saturated heterocycles. The van der Waals surface area contributed by atoms with Gasteiger partial charge in [-0.25, -0.2) is 9.97 Å². The molecule has 0 radical (unpaired) electrons. The second-order valence-electron chi connectivity index (χ2n) is 4.14. The number of nitrogens with zero attached hydrogens (tertiary/aromatic N) is 4. The highest BCUT2D eigenvalue weighted by molar-refractivity contribution is 5.40. The van der Waals surface area contributed by atoms with E-state index in [0.717, 1.165) is 5.56 Å². The molecule has 0 saturated carbocycles. The van der Waals surface area contributed by atoms with E-state index >= 15 is 0 Å². The van der Waals surface area contributed by atoms with Gasteiger partial charge in [0.05, 0.1) is 0 Å². The van der Waals surface area contributed by atoms with Crippen LogP contribution in [0.5, 0.6) is 0 Å². The summed E-state index contributed by atoms with van der Waals surface area (Å²) in [7, 11) is 0. The molecule has 0 fully saturated rings. The predicted octanol–water partition coefficient (Wildman–Crippen LogP) is 0.972. The van der Waals surface area contributed by atoms with Gasteiger partial charge in [0.1, 0.15) is 0 Å². The summed E-state index contributed by atoms with van der Waals surface area (Å²) in [6.07, 6.45) is 4.12. The molecule has 2 rings (SSSR count). The molecule has 1 atom stereocenters. The zero-order valence-electron chi connectivity index (χ0n) is 9.92. The molecule has 6 heteroatoms. The van der Waals surface area contributed by atoms with Gasteiger partial charge < -0.3 is 10.3 Å². The quantitative estimate of drug-likeness (QED) is 0.846. The Labute approximate surface area is 99.3 Å². The Morgan fingerprint density at radius 2 is 2.00 bits per heavy atom. The lowest BCUT2D eigenvalue weighted by atomic mass is 10.1. The highest BCUT2D eigenvalue weighted by atomic mass is 16.5. The van der Waals surface area contributed by atoms with E-state index < -0.39 is 0 Å². The fourth-order valence-electron chi connectivity index (χ4n) is 1.32. The second-order valence-corrected chi connectivity index (χ2v) is 4.14. The topological polar surface area (TPSA) is 90.7 Å². The third kappa shape index (κ3) is 2.85. The Morgan fingerprint density at radius 3 is 2.65 bits per heavy atom. The van der Waals surface area contributed by atoms with E-state index in [2.05, 4.69) is 20.1 Å². The van der Waals surface area contributed by atoms with Crippen LogP contribution in [-0.2, 0) is 6.42 Å². The number of rotatable bonds is 4. The van der Waals surface area contributed by atoms with Crippen LogP contribution in [0.3, 0.4) is 0 Å². The summed E-state index contributed by atoms with van der Waals surface area (Å²) in [5.74, 6) is 1.79. The average molecular weight is 233 g/mol. The van der Waals surface area contributed by atoms with Crippen molar-refractivity contribution in [2.45, 2.75) is 20.3 Å². The van der Waals surface area contributed by atoms with Gasteiger partial charge in [-0.1, -0.05) is 12.1 Å². The highest BCUT2D eigenvalue weighted by Crippen LogP contribution is 2.12. The Morgan fingerprint density at radius 1 is 1.29 bits per heavy atom. The first-order valence-electron chi connectivity index (χ1n) is 5.50. The SMILES string of the molecule is Cc1cnc(-c2noc(CC(C)CN)n2)nc1.